The largest absolute Gasteiger partial charge is 0.469 e. The first-order chi connectivity index (χ1) is 8.04. The first kappa shape index (κ1) is 12.0. The van der Waals surface area contributed by atoms with E-state index in [4.69, 9.17) is 0 Å². The van der Waals surface area contributed by atoms with Crippen molar-refractivity contribution in [3.63, 3.8) is 0 Å². The van der Waals surface area contributed by atoms with Crippen LogP contribution in [0.3, 0.4) is 0 Å². The molecular formula is C11H15NO5. The van der Waals surface area contributed by atoms with Crippen molar-refractivity contribution < 1.29 is 19.2 Å². The fourth-order valence-electron chi connectivity index (χ4n) is 3.27. The molecule has 3 fully saturated rings. The van der Waals surface area contributed by atoms with Gasteiger partial charge in [-0.2, -0.15) is 0 Å². The zero-order chi connectivity index (χ0) is 12.6. The Morgan fingerprint density at radius 3 is 2.76 bits per heavy atom. The highest BCUT2D eigenvalue weighted by molar-refractivity contribution is 5.84. The highest BCUT2D eigenvalue weighted by atomic mass is 16.6. The molecule has 0 spiro atoms. The van der Waals surface area contributed by atoms with Crippen molar-refractivity contribution in [2.75, 3.05) is 7.11 Å². The normalized spacial score (nSPS) is 35.7. The van der Waals surface area contributed by atoms with Crippen molar-refractivity contribution >= 4 is 11.8 Å². The van der Waals surface area contributed by atoms with Gasteiger partial charge in [0.2, 0.25) is 6.04 Å². The van der Waals surface area contributed by atoms with Crippen LogP contribution in [-0.2, 0) is 14.3 Å². The minimum atomic E-state index is -0.759. The van der Waals surface area contributed by atoms with Crippen LogP contribution in [0.2, 0.25) is 0 Å². The molecule has 3 rings (SSSR count). The SMILES string of the molecule is COC(=O)CC1C2CCC(CC2=O)C1[N+](=O)[O-]. The molecule has 0 saturated heterocycles. The molecule has 0 aliphatic heterocycles. The Morgan fingerprint density at radius 1 is 1.53 bits per heavy atom. The second kappa shape index (κ2) is 4.43. The van der Waals surface area contributed by atoms with Gasteiger partial charge in [0.25, 0.3) is 0 Å². The number of carbonyl (C=O) groups is 2. The number of carbonyl (C=O) groups excluding carboxylic acids is 2. The number of hydrogen-bond donors (Lipinski definition) is 0. The van der Waals surface area contributed by atoms with Crippen molar-refractivity contribution in [1.29, 1.82) is 0 Å². The molecule has 6 heteroatoms. The van der Waals surface area contributed by atoms with Gasteiger partial charge in [-0.25, -0.2) is 0 Å². The number of hydrogen-bond acceptors (Lipinski definition) is 5. The molecule has 6 nitrogen and oxygen atoms in total. The third kappa shape index (κ3) is 2.03. The third-order valence-corrected chi connectivity index (χ3v) is 4.04. The minimum Gasteiger partial charge on any atom is -0.469 e. The van der Waals surface area contributed by atoms with Gasteiger partial charge in [0.15, 0.2) is 0 Å². The summed E-state index contributed by atoms with van der Waals surface area (Å²) in [4.78, 5) is 33.8. The van der Waals surface area contributed by atoms with Gasteiger partial charge in [0.1, 0.15) is 5.78 Å². The summed E-state index contributed by atoms with van der Waals surface area (Å²) >= 11 is 0. The zero-order valence-corrected chi connectivity index (χ0v) is 9.63. The van der Waals surface area contributed by atoms with Gasteiger partial charge >= 0.3 is 5.97 Å². The lowest BCUT2D eigenvalue weighted by atomic mass is 9.60. The highest BCUT2D eigenvalue weighted by Crippen LogP contribution is 2.45. The standard InChI is InChI=1S/C11H15NO5/c1-17-10(14)5-8-7-3-2-6(4-9(7)13)11(8)12(15)16/h6-8,11H,2-5H2,1H3. The number of ether oxygens (including phenoxy) is 1. The lowest BCUT2D eigenvalue weighted by molar-refractivity contribution is -0.548. The molecule has 17 heavy (non-hydrogen) atoms. The van der Waals surface area contributed by atoms with Crippen LogP contribution in [0.4, 0.5) is 0 Å². The van der Waals surface area contributed by atoms with Gasteiger partial charge < -0.3 is 4.74 Å². The van der Waals surface area contributed by atoms with Gasteiger partial charge in [-0.15, -0.1) is 0 Å². The maximum atomic E-state index is 11.7. The molecule has 0 aromatic heterocycles. The highest BCUT2D eigenvalue weighted by Gasteiger charge is 2.54. The summed E-state index contributed by atoms with van der Waals surface area (Å²) in [6, 6.07) is -0.759. The van der Waals surface area contributed by atoms with Crippen LogP contribution in [0.1, 0.15) is 25.7 Å². The number of nitrogens with zero attached hydrogens (tertiary/aromatic N) is 1. The maximum absolute atomic E-state index is 11.7. The number of ketones is 1. The van der Waals surface area contributed by atoms with E-state index in [0.29, 0.717) is 12.8 Å². The van der Waals surface area contributed by atoms with Crippen LogP contribution in [0.5, 0.6) is 0 Å². The molecule has 0 amide bonds. The van der Waals surface area contributed by atoms with E-state index in [1.165, 1.54) is 7.11 Å². The van der Waals surface area contributed by atoms with E-state index >= 15 is 0 Å². The Morgan fingerprint density at radius 2 is 2.24 bits per heavy atom. The van der Waals surface area contributed by atoms with Gasteiger partial charge in [0.05, 0.1) is 13.5 Å². The summed E-state index contributed by atoms with van der Waals surface area (Å²) in [5.74, 6) is -1.39. The monoisotopic (exact) mass is 241 g/mol. The van der Waals surface area contributed by atoms with E-state index in [0.717, 1.165) is 6.42 Å². The van der Waals surface area contributed by atoms with E-state index in [9.17, 15) is 19.7 Å². The average Bonchev–Trinajstić information content (AvgIpc) is 2.28. The molecule has 0 N–H and O–H groups in total. The number of fused-ring (bicyclic) bond motifs is 3. The van der Waals surface area contributed by atoms with Crippen molar-refractivity contribution in [3.8, 4) is 0 Å². The van der Waals surface area contributed by atoms with Gasteiger partial charge in [-0.1, -0.05) is 0 Å². The molecule has 0 radical (unpaired) electrons. The molecule has 0 aromatic carbocycles. The summed E-state index contributed by atoms with van der Waals surface area (Å²) in [7, 11) is 1.26. The van der Waals surface area contributed by atoms with E-state index < -0.39 is 17.9 Å². The predicted octanol–water partition coefficient (Wildman–Crippen LogP) is 0.810. The topological polar surface area (TPSA) is 86.5 Å². The van der Waals surface area contributed by atoms with Crippen LogP contribution in [-0.4, -0.2) is 29.8 Å². The molecule has 4 atom stereocenters. The molecule has 0 aromatic rings. The Bertz CT molecular complexity index is 367. The fourth-order valence-corrected chi connectivity index (χ4v) is 3.27. The van der Waals surface area contributed by atoms with E-state index in [2.05, 4.69) is 4.74 Å². The van der Waals surface area contributed by atoms with Crippen molar-refractivity contribution in [2.45, 2.75) is 31.7 Å². The van der Waals surface area contributed by atoms with Gasteiger partial charge in [-0.3, -0.25) is 19.7 Å². The van der Waals surface area contributed by atoms with Crippen molar-refractivity contribution in [2.24, 2.45) is 17.8 Å². The second-order valence-electron chi connectivity index (χ2n) is 4.83. The van der Waals surface area contributed by atoms with E-state index in [1.54, 1.807) is 0 Å². The van der Waals surface area contributed by atoms with Crippen LogP contribution in [0.25, 0.3) is 0 Å². The van der Waals surface area contributed by atoms with Crippen LogP contribution in [0, 0.1) is 27.9 Å². The number of rotatable bonds is 3. The van der Waals surface area contributed by atoms with E-state index in [1.807, 2.05) is 0 Å². The second-order valence-corrected chi connectivity index (χ2v) is 4.83. The molecule has 4 unspecified atom stereocenters. The molecule has 94 valence electrons. The summed E-state index contributed by atoms with van der Waals surface area (Å²) in [6.07, 6.45) is 1.68. The van der Waals surface area contributed by atoms with Crippen LogP contribution >= 0.6 is 0 Å². The van der Waals surface area contributed by atoms with Crippen LogP contribution in [0.15, 0.2) is 0 Å². The van der Waals surface area contributed by atoms with Crippen molar-refractivity contribution in [3.05, 3.63) is 10.1 Å². The first-order valence-corrected chi connectivity index (χ1v) is 5.77. The quantitative estimate of drug-likeness (QED) is 0.414. The van der Waals surface area contributed by atoms with Gasteiger partial charge in [-0.05, 0) is 12.8 Å². The number of Topliss-reactive ketones (excluding diaryl/α,β-unsaturated/α-hetero) is 1. The number of methoxy groups -OCH3 is 1. The maximum Gasteiger partial charge on any atom is 0.306 e. The van der Waals surface area contributed by atoms with E-state index in [-0.39, 0.29) is 29.0 Å². The Balaban J connectivity index is 2.21. The molecule has 0 heterocycles. The van der Waals surface area contributed by atoms with Gasteiger partial charge in [0, 0.05) is 29.1 Å². The number of esters is 1. The number of nitro groups is 1. The third-order valence-electron chi connectivity index (χ3n) is 4.04. The molecular weight excluding hydrogens is 226 g/mol. The van der Waals surface area contributed by atoms with Crippen molar-refractivity contribution in [1.82, 2.24) is 0 Å². The average molecular weight is 241 g/mol. The summed E-state index contributed by atoms with van der Waals surface area (Å²) in [6.45, 7) is 0. The minimum absolute atomic E-state index is 0.0188. The Kier molecular flexibility index (Phi) is 3.13. The smallest absolute Gasteiger partial charge is 0.306 e. The summed E-state index contributed by atoms with van der Waals surface area (Å²) in [5, 5.41) is 11.1. The lowest BCUT2D eigenvalue weighted by Crippen LogP contribution is -2.52. The van der Waals surface area contributed by atoms with Crippen LogP contribution < -0.4 is 0 Å². The fraction of sp³-hybridized carbons (Fsp3) is 0.818. The molecule has 3 aliphatic rings. The predicted molar refractivity (Wildman–Crippen MR) is 56.7 cm³/mol. The lowest BCUT2D eigenvalue weighted by Gasteiger charge is -2.42. The molecule has 3 aliphatic carbocycles. The molecule has 2 bridgehead atoms. The Labute approximate surface area is 98.5 Å². The zero-order valence-electron chi connectivity index (χ0n) is 9.63. The Hall–Kier alpha value is -1.46. The first-order valence-electron chi connectivity index (χ1n) is 5.77. The summed E-state index contributed by atoms with van der Waals surface area (Å²) < 4.78 is 4.55. The molecule has 3 saturated carbocycles. The summed E-state index contributed by atoms with van der Waals surface area (Å²) in [5.41, 5.74) is 0.